The zero-order valence-corrected chi connectivity index (χ0v) is 15.3. The summed E-state index contributed by atoms with van der Waals surface area (Å²) in [7, 11) is 0. The smallest absolute Gasteiger partial charge is 0.420 e. The van der Waals surface area contributed by atoms with Gasteiger partial charge in [-0.25, -0.2) is 4.98 Å². The van der Waals surface area contributed by atoms with Crippen molar-refractivity contribution in [1.82, 2.24) is 4.98 Å². The molecule has 0 aliphatic heterocycles. The van der Waals surface area contributed by atoms with Crippen LogP contribution in [-0.2, 0) is 17.4 Å². The fourth-order valence-electron chi connectivity index (χ4n) is 2.71. The lowest BCUT2D eigenvalue weighted by Crippen LogP contribution is -2.10. The standard InChI is InChI=1S/C21H18F3NO3/c1-13(2)27-16-5-7-19(17(12-16)21(22,23)24)28-20-8-4-15-11-14(9-10-26)3-6-18(15)25-20/h3-8,10-13H,9H2,1-2H3. The normalized spacial score (nSPS) is 11.6. The highest BCUT2D eigenvalue weighted by atomic mass is 19.4. The van der Waals surface area contributed by atoms with E-state index in [4.69, 9.17) is 9.47 Å². The largest absolute Gasteiger partial charge is 0.491 e. The van der Waals surface area contributed by atoms with Gasteiger partial charge < -0.3 is 14.3 Å². The van der Waals surface area contributed by atoms with E-state index in [0.29, 0.717) is 5.52 Å². The van der Waals surface area contributed by atoms with Crippen LogP contribution in [0.3, 0.4) is 0 Å². The first-order chi connectivity index (χ1) is 13.3. The van der Waals surface area contributed by atoms with E-state index in [1.165, 1.54) is 18.2 Å². The Morgan fingerprint density at radius 2 is 1.86 bits per heavy atom. The number of carbonyl (C=O) groups excluding carboxylic acids is 1. The SMILES string of the molecule is CC(C)Oc1ccc(Oc2ccc3cc(CC=O)ccc3n2)c(C(F)(F)F)c1. The third kappa shape index (κ3) is 4.60. The van der Waals surface area contributed by atoms with Crippen LogP contribution in [0.15, 0.2) is 48.5 Å². The molecule has 0 radical (unpaired) electrons. The molecule has 146 valence electrons. The molecule has 0 bridgehead atoms. The molecule has 7 heteroatoms. The number of aldehydes is 1. The van der Waals surface area contributed by atoms with Gasteiger partial charge in [-0.3, -0.25) is 0 Å². The summed E-state index contributed by atoms with van der Waals surface area (Å²) in [5, 5.41) is 0.767. The highest BCUT2D eigenvalue weighted by Gasteiger charge is 2.35. The summed E-state index contributed by atoms with van der Waals surface area (Å²) in [5.41, 5.74) is 0.451. The predicted molar refractivity (Wildman–Crippen MR) is 98.8 cm³/mol. The Morgan fingerprint density at radius 3 is 2.54 bits per heavy atom. The minimum atomic E-state index is -4.60. The summed E-state index contributed by atoms with van der Waals surface area (Å²) < 4.78 is 51.1. The molecule has 0 aliphatic rings. The van der Waals surface area contributed by atoms with E-state index in [2.05, 4.69) is 4.98 Å². The van der Waals surface area contributed by atoms with Gasteiger partial charge in [0.15, 0.2) is 0 Å². The quantitative estimate of drug-likeness (QED) is 0.517. The molecule has 0 aliphatic carbocycles. The van der Waals surface area contributed by atoms with Crippen molar-refractivity contribution in [2.45, 2.75) is 32.5 Å². The highest BCUT2D eigenvalue weighted by molar-refractivity contribution is 5.80. The summed E-state index contributed by atoms with van der Waals surface area (Å²) >= 11 is 0. The van der Waals surface area contributed by atoms with Crippen molar-refractivity contribution in [3.63, 3.8) is 0 Å². The second-order valence-corrected chi connectivity index (χ2v) is 6.47. The molecule has 4 nitrogen and oxygen atoms in total. The second-order valence-electron chi connectivity index (χ2n) is 6.47. The molecule has 0 saturated heterocycles. The van der Waals surface area contributed by atoms with Crippen molar-refractivity contribution in [1.29, 1.82) is 0 Å². The summed E-state index contributed by atoms with van der Waals surface area (Å²) in [6.45, 7) is 3.47. The minimum absolute atomic E-state index is 0.0404. The monoisotopic (exact) mass is 389 g/mol. The number of aromatic nitrogens is 1. The van der Waals surface area contributed by atoms with E-state index < -0.39 is 11.7 Å². The van der Waals surface area contributed by atoms with Crippen LogP contribution in [0.5, 0.6) is 17.4 Å². The van der Waals surface area contributed by atoms with Gasteiger partial charge in [-0.1, -0.05) is 6.07 Å². The molecule has 0 amide bonds. The first-order valence-corrected chi connectivity index (χ1v) is 8.65. The van der Waals surface area contributed by atoms with Gasteiger partial charge in [-0.15, -0.1) is 0 Å². The number of nitrogens with zero attached hydrogens (tertiary/aromatic N) is 1. The number of pyridine rings is 1. The number of halogens is 3. The molecule has 1 aromatic heterocycles. The lowest BCUT2D eigenvalue weighted by atomic mass is 10.1. The number of benzene rings is 2. The van der Waals surface area contributed by atoms with Crippen molar-refractivity contribution in [2.24, 2.45) is 0 Å². The Kier molecular flexibility index (Phi) is 5.53. The van der Waals surface area contributed by atoms with E-state index in [-0.39, 0.29) is 29.9 Å². The number of alkyl halides is 3. The zero-order chi connectivity index (χ0) is 20.3. The van der Waals surface area contributed by atoms with Crippen molar-refractivity contribution in [3.05, 3.63) is 59.7 Å². The number of hydrogen-bond acceptors (Lipinski definition) is 4. The fraction of sp³-hybridized carbons (Fsp3) is 0.238. The average molecular weight is 389 g/mol. The van der Waals surface area contributed by atoms with Crippen LogP contribution in [0.2, 0.25) is 0 Å². The number of hydrogen-bond donors (Lipinski definition) is 0. The molecule has 0 fully saturated rings. The zero-order valence-electron chi connectivity index (χ0n) is 15.3. The summed E-state index contributed by atoms with van der Waals surface area (Å²) in [6.07, 6.45) is -3.77. The van der Waals surface area contributed by atoms with E-state index >= 15 is 0 Å². The van der Waals surface area contributed by atoms with Crippen LogP contribution in [0.25, 0.3) is 10.9 Å². The molecule has 0 atom stereocenters. The first-order valence-electron chi connectivity index (χ1n) is 8.65. The van der Waals surface area contributed by atoms with Crippen LogP contribution < -0.4 is 9.47 Å². The summed E-state index contributed by atoms with van der Waals surface area (Å²) in [4.78, 5) is 14.9. The van der Waals surface area contributed by atoms with Crippen LogP contribution in [0.1, 0.15) is 25.0 Å². The third-order valence-corrected chi connectivity index (χ3v) is 3.89. The molecule has 0 unspecified atom stereocenters. The first kappa shape index (κ1) is 19.7. The van der Waals surface area contributed by atoms with Crippen molar-refractivity contribution in [3.8, 4) is 17.4 Å². The minimum Gasteiger partial charge on any atom is -0.491 e. The summed E-state index contributed by atoms with van der Waals surface area (Å²) in [5.74, 6) is -0.199. The van der Waals surface area contributed by atoms with Gasteiger partial charge in [0.1, 0.15) is 23.3 Å². The van der Waals surface area contributed by atoms with E-state index in [1.54, 1.807) is 38.1 Å². The maximum Gasteiger partial charge on any atom is 0.420 e. The molecular formula is C21H18F3NO3. The van der Waals surface area contributed by atoms with Gasteiger partial charge in [0.2, 0.25) is 5.88 Å². The molecule has 0 N–H and O–H groups in total. The van der Waals surface area contributed by atoms with Crippen molar-refractivity contribution in [2.75, 3.05) is 0 Å². The second kappa shape index (κ2) is 7.88. The number of rotatable bonds is 6. The van der Waals surface area contributed by atoms with Gasteiger partial charge in [0.05, 0.1) is 11.6 Å². The maximum absolute atomic E-state index is 13.5. The maximum atomic E-state index is 13.5. The molecule has 0 saturated carbocycles. The van der Waals surface area contributed by atoms with Crippen LogP contribution in [0, 0.1) is 0 Å². The van der Waals surface area contributed by atoms with E-state index in [9.17, 15) is 18.0 Å². The lowest BCUT2D eigenvalue weighted by Gasteiger charge is -2.16. The topological polar surface area (TPSA) is 48.4 Å². The molecule has 28 heavy (non-hydrogen) atoms. The Labute approximate surface area is 159 Å². The highest BCUT2D eigenvalue weighted by Crippen LogP contribution is 2.40. The number of fused-ring (bicyclic) bond motifs is 1. The van der Waals surface area contributed by atoms with Crippen LogP contribution in [0.4, 0.5) is 13.2 Å². The predicted octanol–water partition coefficient (Wildman–Crippen LogP) is 5.57. The molecular weight excluding hydrogens is 371 g/mol. The average Bonchev–Trinajstić information content (AvgIpc) is 2.62. The third-order valence-electron chi connectivity index (χ3n) is 3.89. The lowest BCUT2D eigenvalue weighted by molar-refractivity contribution is -0.138. The van der Waals surface area contributed by atoms with Gasteiger partial charge in [-0.2, -0.15) is 13.2 Å². The molecule has 3 aromatic rings. The van der Waals surface area contributed by atoms with Gasteiger partial charge in [0, 0.05) is 17.9 Å². The van der Waals surface area contributed by atoms with Gasteiger partial charge >= 0.3 is 6.18 Å². The fourth-order valence-corrected chi connectivity index (χ4v) is 2.71. The van der Waals surface area contributed by atoms with Crippen LogP contribution in [-0.4, -0.2) is 17.4 Å². The molecule has 3 rings (SSSR count). The molecule has 2 aromatic carbocycles. The Balaban J connectivity index is 1.93. The van der Waals surface area contributed by atoms with E-state index in [0.717, 1.165) is 23.3 Å². The van der Waals surface area contributed by atoms with Gasteiger partial charge in [0.25, 0.3) is 0 Å². The molecule has 1 heterocycles. The Bertz CT molecular complexity index is 1000. The van der Waals surface area contributed by atoms with Gasteiger partial charge in [-0.05, 0) is 55.8 Å². The Morgan fingerprint density at radius 1 is 1.07 bits per heavy atom. The Hall–Kier alpha value is -3.09. The van der Waals surface area contributed by atoms with Crippen molar-refractivity contribution < 1.29 is 27.4 Å². The molecule has 0 spiro atoms. The summed E-state index contributed by atoms with van der Waals surface area (Å²) in [6, 6.07) is 12.0. The number of carbonyl (C=O) groups is 1. The number of ether oxygens (including phenoxy) is 2. The van der Waals surface area contributed by atoms with E-state index in [1.807, 2.05) is 0 Å². The van der Waals surface area contributed by atoms with Crippen LogP contribution >= 0.6 is 0 Å². The van der Waals surface area contributed by atoms with Crippen molar-refractivity contribution >= 4 is 17.2 Å².